The second-order valence-electron chi connectivity index (χ2n) is 16.5. The molecule has 1 saturated heterocycles. The third-order valence-electron chi connectivity index (χ3n) is 11.0. The maximum absolute atomic E-state index is 13.8. The van der Waals surface area contributed by atoms with Crippen LogP contribution in [0.3, 0.4) is 0 Å². The quantitative estimate of drug-likeness (QED) is 0.0415. The summed E-state index contributed by atoms with van der Waals surface area (Å²) in [6.07, 6.45) is 7.74. The number of hydrogen-bond acceptors (Lipinski definition) is 10. The molecule has 1 amide bonds. The molecule has 13 nitrogen and oxygen atoms in total. The van der Waals surface area contributed by atoms with Crippen molar-refractivity contribution in [2.24, 2.45) is 0 Å². The van der Waals surface area contributed by atoms with Gasteiger partial charge in [-0.1, -0.05) is 66.4 Å². The number of halogens is 1. The highest BCUT2D eigenvalue weighted by molar-refractivity contribution is 7.90. The number of nitrogens with one attached hydrogen (secondary N) is 1. The number of amides is 1. The average molecular weight is 855 g/mol. The molecule has 2 radical (unpaired) electrons. The number of nitrogens with zero attached hydrogens (tertiary/aromatic N) is 5. The van der Waals surface area contributed by atoms with Crippen LogP contribution in [0.4, 0.5) is 11.4 Å². The topological polar surface area (TPSA) is 149 Å². The van der Waals surface area contributed by atoms with Crippen LogP contribution in [0.15, 0.2) is 78.0 Å². The first-order valence-electron chi connectivity index (χ1n) is 19.8. The minimum Gasteiger partial charge on any atom is -0.455 e. The molecule has 0 bridgehead atoms. The second-order valence-corrected chi connectivity index (χ2v) is 24.2. The highest BCUT2D eigenvalue weighted by Crippen LogP contribution is 2.36. The number of pyridine rings is 1. The second kappa shape index (κ2) is 17.5. The summed E-state index contributed by atoms with van der Waals surface area (Å²) in [5, 5.41) is 12.0. The van der Waals surface area contributed by atoms with Crippen molar-refractivity contribution in [3.8, 4) is 11.5 Å². The fourth-order valence-corrected chi connectivity index (χ4v) is 9.76. The van der Waals surface area contributed by atoms with Gasteiger partial charge >= 0.3 is 0 Å². The molecular weight excluding hydrogens is 807 g/mol. The van der Waals surface area contributed by atoms with E-state index in [0.29, 0.717) is 37.8 Å². The van der Waals surface area contributed by atoms with Gasteiger partial charge in [0.05, 0.1) is 21.6 Å². The number of ether oxygens (including phenoxy) is 2. The van der Waals surface area contributed by atoms with Crippen LogP contribution in [0, 0.1) is 17.0 Å². The summed E-state index contributed by atoms with van der Waals surface area (Å²) in [5.74, 6) is -0.534. The lowest BCUT2D eigenvalue weighted by molar-refractivity contribution is -0.384. The Morgan fingerprint density at radius 2 is 1.83 bits per heavy atom. The van der Waals surface area contributed by atoms with Gasteiger partial charge in [0.25, 0.3) is 21.6 Å². The fraction of sp³-hybridized carbons (Fsp3) is 0.381. The van der Waals surface area contributed by atoms with Gasteiger partial charge in [-0.2, -0.15) is 0 Å². The number of nitro groups is 1. The standard InChI is InChI=1S/C42H48BClN6O7SSi/c1-28-21-35-33(36(43)22-28)7-5-6-8-38(35)48-17-15-47(16-18-48)30-9-11-34(42(51)46-58(54,55)32-10-12-37(44)39(25-32)50(52)53)40(24-30)57-31-23-29-13-14-49(41(29)45-26-31)27-56-19-20-59(2,3)4/h9-14,21-26,38H,5-8,15-20,27H2,1-4H3,(H,46,51). The number of carbonyl (C=O) groups excluding carboxylic acids is 1. The molecule has 1 aliphatic carbocycles. The number of aromatic nitrogens is 2. The van der Waals surface area contributed by atoms with Crippen molar-refractivity contribution in [1.29, 1.82) is 0 Å². The molecule has 3 heterocycles. The summed E-state index contributed by atoms with van der Waals surface area (Å²) in [6.45, 7) is 13.1. The largest absolute Gasteiger partial charge is 0.455 e. The van der Waals surface area contributed by atoms with Crippen molar-refractivity contribution in [2.75, 3.05) is 37.7 Å². The Labute approximate surface area is 352 Å². The van der Waals surface area contributed by atoms with Gasteiger partial charge in [-0.25, -0.2) is 18.1 Å². The van der Waals surface area contributed by atoms with Crippen molar-refractivity contribution >= 4 is 71.3 Å². The van der Waals surface area contributed by atoms with E-state index in [4.69, 9.17) is 28.9 Å². The summed E-state index contributed by atoms with van der Waals surface area (Å²) in [5.41, 5.74) is 5.47. The average Bonchev–Trinajstić information content (AvgIpc) is 3.45. The summed E-state index contributed by atoms with van der Waals surface area (Å²) in [6, 6.07) is 17.4. The van der Waals surface area contributed by atoms with Gasteiger partial charge in [0, 0.05) is 76.3 Å². The number of piperazine rings is 1. The molecule has 1 N–H and O–H groups in total. The first kappa shape index (κ1) is 42.4. The molecule has 7 rings (SSSR count). The Bertz CT molecular complexity index is 2510. The van der Waals surface area contributed by atoms with Crippen LogP contribution in [0.25, 0.3) is 11.0 Å². The van der Waals surface area contributed by atoms with E-state index in [1.807, 2.05) is 16.8 Å². The Morgan fingerprint density at radius 3 is 2.58 bits per heavy atom. The van der Waals surface area contributed by atoms with Crippen LogP contribution in [-0.4, -0.2) is 82.4 Å². The molecule has 2 aromatic heterocycles. The number of benzene rings is 3. The zero-order valence-corrected chi connectivity index (χ0v) is 36.3. The van der Waals surface area contributed by atoms with Crippen LogP contribution in [0.5, 0.6) is 11.5 Å². The predicted molar refractivity (Wildman–Crippen MR) is 234 cm³/mol. The van der Waals surface area contributed by atoms with E-state index in [9.17, 15) is 23.3 Å². The summed E-state index contributed by atoms with van der Waals surface area (Å²) < 4.78 is 43.1. The zero-order chi connectivity index (χ0) is 42.1. The number of hydrogen-bond donors (Lipinski definition) is 1. The Balaban J connectivity index is 1.14. The number of anilines is 1. The van der Waals surface area contributed by atoms with E-state index < -0.39 is 39.5 Å². The zero-order valence-electron chi connectivity index (χ0n) is 33.7. The molecule has 308 valence electrons. The molecule has 1 aliphatic heterocycles. The van der Waals surface area contributed by atoms with Gasteiger partial charge in [-0.15, -0.1) is 0 Å². The lowest BCUT2D eigenvalue weighted by Crippen LogP contribution is -2.48. The van der Waals surface area contributed by atoms with E-state index in [-0.39, 0.29) is 22.4 Å². The van der Waals surface area contributed by atoms with Gasteiger partial charge in [0.15, 0.2) is 0 Å². The first-order chi connectivity index (χ1) is 28.1. The molecule has 1 atom stereocenters. The first-order valence-corrected chi connectivity index (χ1v) is 25.4. The molecule has 3 aromatic carbocycles. The SMILES string of the molecule is [B]c1cc(C)cc2c1CCCCC2N1CCN(c2ccc(C(=O)NS(=O)(=O)c3ccc(Cl)c([N+](=O)[O-])c3)c(Oc3cnc4c(ccn4COCC[Si](C)(C)C)c3)c2)CC1. The van der Waals surface area contributed by atoms with Crippen molar-refractivity contribution < 1.29 is 27.6 Å². The van der Waals surface area contributed by atoms with Crippen molar-refractivity contribution in [1.82, 2.24) is 19.2 Å². The van der Waals surface area contributed by atoms with E-state index >= 15 is 0 Å². The Morgan fingerprint density at radius 1 is 1.05 bits per heavy atom. The fourth-order valence-electron chi connectivity index (χ4n) is 7.83. The van der Waals surface area contributed by atoms with Crippen LogP contribution in [0.2, 0.25) is 30.7 Å². The maximum Gasteiger partial charge on any atom is 0.289 e. The number of aryl methyl sites for hydroxylation is 1. The normalized spacial score (nSPS) is 16.4. The highest BCUT2D eigenvalue weighted by atomic mass is 35.5. The minimum atomic E-state index is -4.56. The van der Waals surface area contributed by atoms with Crippen LogP contribution >= 0.6 is 11.6 Å². The molecule has 1 unspecified atom stereocenters. The minimum absolute atomic E-state index is 0.0593. The third-order valence-corrected chi connectivity index (χ3v) is 14.3. The summed E-state index contributed by atoms with van der Waals surface area (Å²) in [4.78, 5) is 33.4. The molecule has 2 aliphatic rings. The Kier molecular flexibility index (Phi) is 12.5. The lowest BCUT2D eigenvalue weighted by Gasteiger charge is -2.41. The van der Waals surface area contributed by atoms with Gasteiger partial charge in [0.2, 0.25) is 0 Å². The van der Waals surface area contributed by atoms with Crippen LogP contribution in [0.1, 0.15) is 52.4 Å². The number of nitro benzene ring substituents is 1. The van der Waals surface area contributed by atoms with E-state index in [1.165, 1.54) is 22.8 Å². The molecule has 5 aromatic rings. The molecule has 59 heavy (non-hydrogen) atoms. The molecular formula is C42H48BClN6O7SSi. The smallest absolute Gasteiger partial charge is 0.289 e. The number of carbonyl (C=O) groups is 1. The third kappa shape index (κ3) is 9.84. The molecule has 0 saturated carbocycles. The molecule has 0 spiro atoms. The van der Waals surface area contributed by atoms with Crippen molar-refractivity contribution in [3.63, 3.8) is 0 Å². The number of rotatable bonds is 13. The molecule has 1 fully saturated rings. The monoisotopic (exact) mass is 854 g/mol. The number of sulfonamides is 1. The number of fused-ring (bicyclic) bond motifs is 2. The predicted octanol–water partition coefficient (Wildman–Crippen LogP) is 7.51. The Hall–Kier alpha value is -4.74. The van der Waals surface area contributed by atoms with E-state index in [2.05, 4.69) is 58.2 Å². The highest BCUT2D eigenvalue weighted by Gasteiger charge is 2.30. The van der Waals surface area contributed by atoms with Crippen LogP contribution < -0.4 is 19.8 Å². The van der Waals surface area contributed by atoms with E-state index in [0.717, 1.165) is 79.6 Å². The summed E-state index contributed by atoms with van der Waals surface area (Å²) in [7, 11) is 0.717. The maximum atomic E-state index is 13.8. The lowest BCUT2D eigenvalue weighted by atomic mass is 9.83. The van der Waals surface area contributed by atoms with Gasteiger partial charge < -0.3 is 18.9 Å². The van der Waals surface area contributed by atoms with Gasteiger partial charge in [-0.3, -0.25) is 19.8 Å². The molecule has 17 heteroatoms. The van der Waals surface area contributed by atoms with Crippen molar-refractivity contribution in [2.45, 2.75) is 76.0 Å². The van der Waals surface area contributed by atoms with Gasteiger partial charge in [-0.05, 0) is 74.2 Å². The van der Waals surface area contributed by atoms with Crippen LogP contribution in [-0.2, 0) is 27.9 Å². The summed E-state index contributed by atoms with van der Waals surface area (Å²) >= 11 is 5.92. The van der Waals surface area contributed by atoms with E-state index in [1.54, 1.807) is 24.4 Å². The van der Waals surface area contributed by atoms with Gasteiger partial charge in [0.1, 0.15) is 36.7 Å². The van der Waals surface area contributed by atoms with Crippen molar-refractivity contribution in [3.05, 3.63) is 110 Å².